The number of nitrogens with zero attached hydrogens (tertiary/aromatic N) is 6. The summed E-state index contributed by atoms with van der Waals surface area (Å²) in [6, 6.07) is 8.32. The molecule has 0 aliphatic carbocycles. The summed E-state index contributed by atoms with van der Waals surface area (Å²) < 4.78 is 1.85. The van der Waals surface area contributed by atoms with E-state index >= 15 is 0 Å². The van der Waals surface area contributed by atoms with Crippen LogP contribution >= 0.6 is 11.6 Å². The van der Waals surface area contributed by atoms with Crippen LogP contribution in [-0.4, -0.2) is 63.2 Å². The molecule has 1 aromatic carbocycles. The average molecular weight is 483 g/mol. The second kappa shape index (κ2) is 8.98. The number of fused-ring (bicyclic) bond motifs is 1. The number of carbonyl (C=O) groups is 1. The molecular weight excluding hydrogens is 452 g/mol. The van der Waals surface area contributed by atoms with E-state index in [4.69, 9.17) is 21.6 Å². The number of hydrogen-bond donors (Lipinski definition) is 1. The maximum absolute atomic E-state index is 11.8. The number of carbonyl (C=O) groups excluding carboxylic acids is 1. The molecule has 1 atom stereocenters. The van der Waals surface area contributed by atoms with Crippen molar-refractivity contribution in [2.24, 2.45) is 0 Å². The van der Waals surface area contributed by atoms with Gasteiger partial charge in [-0.25, -0.2) is 4.98 Å². The Morgan fingerprint density at radius 3 is 2.44 bits per heavy atom. The van der Waals surface area contributed by atoms with E-state index in [0.717, 1.165) is 35.6 Å². The van der Waals surface area contributed by atoms with Crippen LogP contribution in [0.2, 0.25) is 5.02 Å². The fourth-order valence-electron chi connectivity index (χ4n) is 5.08. The van der Waals surface area contributed by atoms with E-state index in [9.17, 15) is 9.90 Å². The first-order valence-electron chi connectivity index (χ1n) is 12.0. The van der Waals surface area contributed by atoms with Gasteiger partial charge in [0.05, 0.1) is 11.4 Å². The minimum Gasteiger partial charge on any atom is -0.493 e. The van der Waals surface area contributed by atoms with Gasteiger partial charge in [-0.2, -0.15) is 4.98 Å². The first kappa shape index (κ1) is 22.8. The van der Waals surface area contributed by atoms with Gasteiger partial charge >= 0.3 is 0 Å². The normalized spacial score (nSPS) is 19.0. The molecule has 0 bridgehead atoms. The molecule has 4 heterocycles. The third kappa shape index (κ3) is 4.04. The number of halogens is 1. The Labute approximate surface area is 204 Å². The number of piperazine rings is 1. The van der Waals surface area contributed by atoms with Gasteiger partial charge in [0.15, 0.2) is 0 Å². The van der Waals surface area contributed by atoms with E-state index in [1.165, 1.54) is 5.56 Å². The van der Waals surface area contributed by atoms with Gasteiger partial charge in [0.1, 0.15) is 11.3 Å². The summed E-state index contributed by atoms with van der Waals surface area (Å²) in [6.45, 7) is 9.18. The second-order valence-electron chi connectivity index (χ2n) is 9.46. The van der Waals surface area contributed by atoms with E-state index < -0.39 is 0 Å². The van der Waals surface area contributed by atoms with Crippen LogP contribution in [-0.2, 0) is 4.79 Å². The Balaban J connectivity index is 1.59. The van der Waals surface area contributed by atoms with Crippen molar-refractivity contribution in [1.29, 1.82) is 0 Å². The number of anilines is 2. The van der Waals surface area contributed by atoms with Gasteiger partial charge in [-0.05, 0) is 44.4 Å². The maximum Gasteiger partial charge on any atom is 0.228 e. The van der Waals surface area contributed by atoms with Gasteiger partial charge in [0.25, 0.3) is 0 Å². The molecule has 180 valence electrons. The number of aromatic hydroxyl groups is 1. The maximum atomic E-state index is 11.8. The smallest absolute Gasteiger partial charge is 0.228 e. The summed E-state index contributed by atoms with van der Waals surface area (Å²) in [7, 11) is 0. The van der Waals surface area contributed by atoms with Crippen LogP contribution < -0.4 is 9.80 Å². The molecule has 2 aromatic heterocycles. The minimum absolute atomic E-state index is 0.0891. The van der Waals surface area contributed by atoms with Crippen LogP contribution in [0.25, 0.3) is 10.9 Å². The molecule has 2 saturated heterocycles. The summed E-state index contributed by atoms with van der Waals surface area (Å²) >= 11 is 6.14. The summed E-state index contributed by atoms with van der Waals surface area (Å²) in [6.07, 6.45) is 4.05. The topological polar surface area (TPSA) is 77.7 Å². The van der Waals surface area contributed by atoms with Crippen LogP contribution in [0.1, 0.15) is 51.3 Å². The number of benzene rings is 1. The van der Waals surface area contributed by atoms with Crippen molar-refractivity contribution in [2.45, 2.75) is 45.7 Å². The predicted molar refractivity (Wildman–Crippen MR) is 135 cm³/mol. The Hall–Kier alpha value is -3.00. The zero-order chi connectivity index (χ0) is 24.0. The zero-order valence-electron chi connectivity index (χ0n) is 19.9. The molecule has 1 N–H and O–H groups in total. The molecule has 0 spiro atoms. The highest BCUT2D eigenvalue weighted by atomic mass is 35.5. The minimum atomic E-state index is 0.0891. The Bertz CT molecular complexity index is 1200. The molecule has 5 rings (SSSR count). The number of rotatable bonds is 4. The molecule has 1 unspecified atom stereocenters. The molecule has 8 nitrogen and oxygen atoms in total. The average Bonchev–Trinajstić information content (AvgIpc) is 3.44. The number of amides is 1. The third-order valence-electron chi connectivity index (χ3n) is 6.98. The quantitative estimate of drug-likeness (QED) is 0.594. The van der Waals surface area contributed by atoms with Gasteiger partial charge in [-0.1, -0.05) is 23.7 Å². The largest absolute Gasteiger partial charge is 0.493 e. The molecule has 0 radical (unpaired) electrons. The summed E-state index contributed by atoms with van der Waals surface area (Å²) in [5.74, 6) is 1.70. The zero-order valence-corrected chi connectivity index (χ0v) is 20.7. The van der Waals surface area contributed by atoms with Gasteiger partial charge < -0.3 is 24.4 Å². The Morgan fingerprint density at radius 2 is 1.79 bits per heavy atom. The van der Waals surface area contributed by atoms with E-state index in [-0.39, 0.29) is 23.9 Å². The molecule has 0 saturated carbocycles. The van der Waals surface area contributed by atoms with Crippen LogP contribution in [0, 0.1) is 0 Å². The van der Waals surface area contributed by atoms with Crippen molar-refractivity contribution in [3.05, 3.63) is 41.0 Å². The van der Waals surface area contributed by atoms with Crippen molar-refractivity contribution in [1.82, 2.24) is 19.4 Å². The van der Waals surface area contributed by atoms with Crippen LogP contribution in [0.5, 0.6) is 5.88 Å². The first-order valence-corrected chi connectivity index (χ1v) is 12.4. The molecule has 2 aliphatic rings. The molecule has 2 fully saturated rings. The van der Waals surface area contributed by atoms with Crippen molar-refractivity contribution in [3.63, 3.8) is 0 Å². The Morgan fingerprint density at radius 1 is 1.09 bits per heavy atom. The van der Waals surface area contributed by atoms with Gasteiger partial charge in [0.2, 0.25) is 17.7 Å². The number of aromatic nitrogens is 3. The van der Waals surface area contributed by atoms with E-state index in [1.54, 1.807) is 6.92 Å². The Kier molecular flexibility index (Phi) is 6.02. The van der Waals surface area contributed by atoms with E-state index in [2.05, 4.69) is 21.9 Å². The van der Waals surface area contributed by atoms with Crippen LogP contribution in [0.4, 0.5) is 11.8 Å². The van der Waals surface area contributed by atoms with Crippen LogP contribution in [0.3, 0.4) is 0 Å². The lowest BCUT2D eigenvalue weighted by Gasteiger charge is -2.35. The summed E-state index contributed by atoms with van der Waals surface area (Å²) in [5.41, 5.74) is 1.78. The third-order valence-corrected chi connectivity index (χ3v) is 7.23. The molecular formula is C25H31ClN6O2. The summed E-state index contributed by atoms with van der Waals surface area (Å²) in [5, 5.41) is 12.6. The van der Waals surface area contributed by atoms with Crippen molar-refractivity contribution in [2.75, 3.05) is 42.5 Å². The lowest BCUT2D eigenvalue weighted by molar-refractivity contribution is -0.129. The fraction of sp³-hybridized carbons (Fsp3) is 0.480. The van der Waals surface area contributed by atoms with Crippen LogP contribution in [0.15, 0.2) is 30.5 Å². The highest BCUT2D eigenvalue weighted by Gasteiger charge is 2.32. The lowest BCUT2D eigenvalue weighted by atomic mass is 10.0. The van der Waals surface area contributed by atoms with Crippen molar-refractivity contribution in [3.8, 4) is 5.88 Å². The van der Waals surface area contributed by atoms with Crippen molar-refractivity contribution < 1.29 is 9.90 Å². The monoisotopic (exact) mass is 482 g/mol. The highest BCUT2D eigenvalue weighted by Crippen LogP contribution is 2.42. The standard InChI is InChI=1S/C25H31ClN6O2/c1-16(2)32-15-20-22(24(32)34)27-25(30-13-11-29(12-14-30)17(3)33)28-23(20)31-10-4-5-21(31)18-6-8-19(26)9-7-18/h6-9,15-16,21,34H,4-5,10-14H2,1-3H3. The molecule has 34 heavy (non-hydrogen) atoms. The lowest BCUT2D eigenvalue weighted by Crippen LogP contribution is -2.48. The van der Waals surface area contributed by atoms with Gasteiger partial charge in [0, 0.05) is 56.9 Å². The molecule has 1 amide bonds. The molecule has 2 aliphatic heterocycles. The predicted octanol–water partition coefficient (Wildman–Crippen LogP) is 4.38. The second-order valence-corrected chi connectivity index (χ2v) is 9.90. The van der Waals surface area contributed by atoms with Gasteiger partial charge in [-0.15, -0.1) is 0 Å². The fourth-order valence-corrected chi connectivity index (χ4v) is 5.21. The number of hydrogen-bond acceptors (Lipinski definition) is 6. The van der Waals surface area contributed by atoms with E-state index in [1.807, 2.05) is 41.6 Å². The SMILES string of the molecule is CC(=O)N1CCN(c2nc(N3CCCC3c3ccc(Cl)cc3)c3cn(C(C)C)c(O)c3n2)CC1. The van der Waals surface area contributed by atoms with Gasteiger partial charge in [-0.3, -0.25) is 4.79 Å². The van der Waals surface area contributed by atoms with Crippen molar-refractivity contribution >= 4 is 40.2 Å². The highest BCUT2D eigenvalue weighted by molar-refractivity contribution is 6.30. The summed E-state index contributed by atoms with van der Waals surface area (Å²) in [4.78, 5) is 28.0. The first-order chi connectivity index (χ1) is 16.3. The molecule has 3 aromatic rings. The molecule has 9 heteroatoms. The van der Waals surface area contributed by atoms with E-state index in [0.29, 0.717) is 37.6 Å².